The fourth-order valence-corrected chi connectivity index (χ4v) is 3.51. The monoisotopic (exact) mass is 424 g/mol. The van der Waals surface area contributed by atoms with E-state index in [9.17, 15) is 0 Å². The van der Waals surface area contributed by atoms with Crippen molar-refractivity contribution in [1.82, 2.24) is 0 Å². The van der Waals surface area contributed by atoms with Gasteiger partial charge in [0, 0.05) is 13.8 Å². The highest BCUT2D eigenvalue weighted by atomic mass is 127. The highest BCUT2D eigenvalue weighted by Gasteiger charge is 2.28. The maximum atomic E-state index is 4.75. The summed E-state index contributed by atoms with van der Waals surface area (Å²) in [6.07, 6.45) is 1.08. The highest BCUT2D eigenvalue weighted by Crippen LogP contribution is 2.32. The van der Waals surface area contributed by atoms with Crippen molar-refractivity contribution in [1.29, 1.82) is 0 Å². The molecule has 0 aromatic heterocycles. The molecule has 1 unspecified atom stereocenters. The summed E-state index contributed by atoms with van der Waals surface area (Å²) >= 11 is 7.67. The quantitative estimate of drug-likeness (QED) is 0.693. The molecule has 2 nitrogen and oxygen atoms in total. The van der Waals surface area contributed by atoms with Crippen LogP contribution in [-0.2, 0) is 0 Å². The van der Waals surface area contributed by atoms with E-state index >= 15 is 0 Å². The smallest absolute Gasteiger partial charge is 0.161 e. The molecule has 1 N–H and O–H groups in total. The predicted octanol–water partition coefficient (Wildman–Crippen LogP) is 4.74. The average Bonchev–Trinajstić information content (AvgIpc) is 2.67. The van der Waals surface area contributed by atoms with Crippen LogP contribution >= 0.6 is 50.3 Å². The molecule has 0 spiro atoms. The van der Waals surface area contributed by atoms with Gasteiger partial charge in [-0.15, -0.1) is 0 Å². The van der Waals surface area contributed by atoms with Crippen molar-refractivity contribution >= 4 is 61.1 Å². The third-order valence-electron chi connectivity index (χ3n) is 2.82. The number of halogens is 2. The van der Waals surface area contributed by atoms with E-state index in [0.717, 1.165) is 27.5 Å². The Morgan fingerprint density at radius 2 is 2.35 bits per heavy atom. The molecule has 92 valence electrons. The third-order valence-corrected chi connectivity index (χ3v) is 5.42. The lowest BCUT2D eigenvalue weighted by Gasteiger charge is -2.15. The van der Waals surface area contributed by atoms with Gasteiger partial charge in [-0.2, -0.15) is 0 Å². The molecule has 0 amide bonds. The van der Waals surface area contributed by atoms with Crippen molar-refractivity contribution in [3.05, 3.63) is 26.2 Å². The predicted molar refractivity (Wildman–Crippen MR) is 89.1 cm³/mol. The molecule has 1 aromatic carbocycles. The Kier molecular flexibility index (Phi) is 4.41. The Hall–Kier alpha value is 0.250. The van der Waals surface area contributed by atoms with Crippen LogP contribution in [0.1, 0.15) is 20.3 Å². The number of aliphatic imine (C=N–C) groups is 1. The summed E-state index contributed by atoms with van der Waals surface area (Å²) in [5, 5.41) is 4.43. The number of nitrogens with one attached hydrogen (secondary N) is 1. The summed E-state index contributed by atoms with van der Waals surface area (Å²) in [4.78, 5) is 4.75. The Morgan fingerprint density at radius 1 is 1.59 bits per heavy atom. The lowest BCUT2D eigenvalue weighted by Crippen LogP contribution is -2.20. The second kappa shape index (κ2) is 5.48. The average molecular weight is 425 g/mol. The van der Waals surface area contributed by atoms with E-state index in [1.165, 1.54) is 3.57 Å². The van der Waals surface area contributed by atoms with Gasteiger partial charge in [-0.1, -0.05) is 18.7 Å². The first-order chi connectivity index (χ1) is 8.02. The van der Waals surface area contributed by atoms with E-state index in [-0.39, 0.29) is 5.54 Å². The second-order valence-corrected chi connectivity index (χ2v) is 7.37. The summed E-state index contributed by atoms with van der Waals surface area (Å²) in [6.45, 7) is 4.40. The van der Waals surface area contributed by atoms with Crippen LogP contribution in [0.3, 0.4) is 0 Å². The lowest BCUT2D eigenvalue weighted by molar-refractivity contribution is 0.523. The van der Waals surface area contributed by atoms with Gasteiger partial charge in [0.05, 0.1) is 11.2 Å². The first-order valence-corrected chi connectivity index (χ1v) is 8.33. The molecule has 0 saturated carbocycles. The van der Waals surface area contributed by atoms with Crippen LogP contribution < -0.4 is 5.32 Å². The molecule has 0 saturated heterocycles. The summed E-state index contributed by atoms with van der Waals surface area (Å²) in [5.41, 5.74) is 1.19. The number of anilines is 1. The maximum absolute atomic E-state index is 4.75. The Bertz CT molecular complexity index is 464. The van der Waals surface area contributed by atoms with Crippen molar-refractivity contribution in [3.8, 4) is 0 Å². The van der Waals surface area contributed by atoms with Crippen molar-refractivity contribution in [3.63, 3.8) is 0 Å². The molecule has 1 aliphatic heterocycles. The Labute approximate surface area is 128 Å². The zero-order valence-electron chi connectivity index (χ0n) is 9.76. The van der Waals surface area contributed by atoms with E-state index in [1.807, 2.05) is 0 Å². The normalized spacial score (nSPS) is 23.6. The van der Waals surface area contributed by atoms with E-state index < -0.39 is 0 Å². The zero-order chi connectivity index (χ0) is 12.5. The van der Waals surface area contributed by atoms with Gasteiger partial charge in [-0.25, -0.2) is 0 Å². The molecule has 2 rings (SSSR count). The van der Waals surface area contributed by atoms with Crippen LogP contribution in [0.15, 0.2) is 27.7 Å². The standard InChI is InChI=1S/C12H14BrIN2S/c1-3-12(2)7-17-11(16-12)15-10-6-8(14)4-5-9(10)13/h4-6H,3,7H2,1-2H3,(H,15,16). The van der Waals surface area contributed by atoms with Crippen LogP contribution in [0.5, 0.6) is 0 Å². The largest absolute Gasteiger partial charge is 0.334 e. The molecule has 1 heterocycles. The number of rotatable bonds is 2. The molecular weight excluding hydrogens is 411 g/mol. The van der Waals surface area contributed by atoms with Gasteiger partial charge in [0.25, 0.3) is 0 Å². The van der Waals surface area contributed by atoms with E-state index in [4.69, 9.17) is 4.99 Å². The molecule has 0 fully saturated rings. The van der Waals surface area contributed by atoms with Crippen molar-refractivity contribution in [2.75, 3.05) is 11.1 Å². The van der Waals surface area contributed by atoms with E-state index in [0.29, 0.717) is 0 Å². The lowest BCUT2D eigenvalue weighted by atomic mass is 10.0. The fourth-order valence-electron chi connectivity index (χ4n) is 1.49. The maximum Gasteiger partial charge on any atom is 0.161 e. The zero-order valence-corrected chi connectivity index (χ0v) is 14.3. The van der Waals surface area contributed by atoms with Crippen molar-refractivity contribution < 1.29 is 0 Å². The van der Waals surface area contributed by atoms with Crippen LogP contribution in [0, 0.1) is 3.57 Å². The van der Waals surface area contributed by atoms with Gasteiger partial charge >= 0.3 is 0 Å². The first kappa shape index (κ1) is 13.7. The number of amidine groups is 1. The molecule has 0 radical (unpaired) electrons. The minimum absolute atomic E-state index is 0.0986. The minimum atomic E-state index is 0.0986. The topological polar surface area (TPSA) is 24.4 Å². The summed E-state index contributed by atoms with van der Waals surface area (Å²) in [6, 6.07) is 6.26. The molecule has 17 heavy (non-hydrogen) atoms. The van der Waals surface area contributed by atoms with Crippen LogP contribution in [0.4, 0.5) is 5.69 Å². The van der Waals surface area contributed by atoms with Crippen LogP contribution in [0.2, 0.25) is 0 Å². The number of benzene rings is 1. The summed E-state index contributed by atoms with van der Waals surface area (Å²) < 4.78 is 2.29. The molecule has 0 aliphatic carbocycles. The summed E-state index contributed by atoms with van der Waals surface area (Å²) in [5.74, 6) is 1.06. The van der Waals surface area contributed by atoms with Crippen LogP contribution in [0.25, 0.3) is 0 Å². The van der Waals surface area contributed by atoms with E-state index in [2.05, 4.69) is 75.9 Å². The Morgan fingerprint density at radius 3 is 3.00 bits per heavy atom. The van der Waals surface area contributed by atoms with Gasteiger partial charge in [0.2, 0.25) is 0 Å². The third kappa shape index (κ3) is 3.38. The van der Waals surface area contributed by atoms with Crippen molar-refractivity contribution in [2.24, 2.45) is 4.99 Å². The molecule has 1 aromatic rings. The second-order valence-electron chi connectivity index (χ2n) is 4.31. The first-order valence-electron chi connectivity index (χ1n) is 5.47. The summed E-state index contributed by atoms with van der Waals surface area (Å²) in [7, 11) is 0. The molecular formula is C12H14BrIN2S. The van der Waals surface area contributed by atoms with Gasteiger partial charge < -0.3 is 5.32 Å². The van der Waals surface area contributed by atoms with Gasteiger partial charge in [-0.05, 0) is 70.1 Å². The van der Waals surface area contributed by atoms with E-state index in [1.54, 1.807) is 11.8 Å². The Balaban J connectivity index is 2.17. The van der Waals surface area contributed by atoms with Crippen LogP contribution in [-0.4, -0.2) is 16.5 Å². The highest BCUT2D eigenvalue weighted by molar-refractivity contribution is 14.1. The van der Waals surface area contributed by atoms with Gasteiger partial charge in [0.1, 0.15) is 0 Å². The molecule has 5 heteroatoms. The van der Waals surface area contributed by atoms with Gasteiger partial charge in [-0.3, -0.25) is 4.99 Å². The van der Waals surface area contributed by atoms with Crippen molar-refractivity contribution in [2.45, 2.75) is 25.8 Å². The number of hydrogen-bond acceptors (Lipinski definition) is 3. The number of hydrogen-bond donors (Lipinski definition) is 1. The van der Waals surface area contributed by atoms with Gasteiger partial charge in [0.15, 0.2) is 5.17 Å². The number of thioether (sulfide) groups is 1. The molecule has 0 bridgehead atoms. The molecule has 1 atom stereocenters. The minimum Gasteiger partial charge on any atom is -0.334 e. The number of nitrogens with zero attached hydrogens (tertiary/aromatic N) is 1. The fraction of sp³-hybridized carbons (Fsp3) is 0.417. The molecule has 1 aliphatic rings. The SMILES string of the molecule is CCC1(C)CSC(Nc2cc(I)ccc2Br)=N1.